The van der Waals surface area contributed by atoms with Gasteiger partial charge >= 0.3 is 0 Å². The van der Waals surface area contributed by atoms with Gasteiger partial charge < -0.3 is 9.47 Å². The highest BCUT2D eigenvalue weighted by Crippen LogP contribution is 2.30. The highest BCUT2D eigenvalue weighted by molar-refractivity contribution is 7.99. The van der Waals surface area contributed by atoms with Crippen molar-refractivity contribution in [3.05, 3.63) is 48.5 Å². The van der Waals surface area contributed by atoms with Gasteiger partial charge in [0, 0.05) is 5.75 Å². The third-order valence-electron chi connectivity index (χ3n) is 3.55. The number of hydrogen-bond donors (Lipinski definition) is 0. The molecule has 0 aliphatic carbocycles. The molecule has 0 saturated carbocycles. The molecule has 0 spiro atoms. The van der Waals surface area contributed by atoms with Gasteiger partial charge in [0.05, 0.1) is 23.9 Å². The van der Waals surface area contributed by atoms with Gasteiger partial charge in [-0.3, -0.25) is 4.40 Å². The first kappa shape index (κ1) is 15.3. The maximum absolute atomic E-state index is 5.81. The second kappa shape index (κ2) is 6.70. The lowest BCUT2D eigenvalue weighted by Crippen LogP contribution is -2.02. The lowest BCUT2D eigenvalue weighted by molar-refractivity contribution is 0.313. The van der Waals surface area contributed by atoms with E-state index in [4.69, 9.17) is 9.47 Å². The molecular formula is C17H15N3O2S2. The number of hydrogen-bond acceptors (Lipinski definition) is 6. The molecule has 0 atom stereocenters. The molecule has 4 rings (SSSR count). The number of benzene rings is 2. The molecule has 0 aliphatic rings. The van der Waals surface area contributed by atoms with Crippen molar-refractivity contribution in [3.63, 3.8) is 0 Å². The number of thiazole rings is 1. The summed E-state index contributed by atoms with van der Waals surface area (Å²) in [6.45, 7) is 0.571. The largest absolute Gasteiger partial charge is 0.493 e. The summed E-state index contributed by atoms with van der Waals surface area (Å²) < 4.78 is 14.4. The molecule has 0 N–H and O–H groups in total. The molecule has 122 valence electrons. The summed E-state index contributed by atoms with van der Waals surface area (Å²) in [6, 6.07) is 15.9. The zero-order chi connectivity index (χ0) is 16.4. The fourth-order valence-electron chi connectivity index (χ4n) is 2.47. The first-order chi connectivity index (χ1) is 11.9. The van der Waals surface area contributed by atoms with Crippen LogP contribution < -0.4 is 9.47 Å². The molecule has 2 aromatic heterocycles. The van der Waals surface area contributed by atoms with Gasteiger partial charge in [-0.2, -0.15) is 0 Å². The predicted octanol–water partition coefficient (Wildman–Crippen LogP) is 4.12. The Morgan fingerprint density at radius 2 is 1.83 bits per heavy atom. The fourth-order valence-corrected chi connectivity index (χ4v) is 4.26. The van der Waals surface area contributed by atoms with E-state index in [-0.39, 0.29) is 0 Å². The number of methoxy groups -OCH3 is 1. The Morgan fingerprint density at radius 3 is 2.71 bits per heavy atom. The maximum atomic E-state index is 5.81. The number of aromatic nitrogens is 3. The minimum absolute atomic E-state index is 0.571. The van der Waals surface area contributed by atoms with Crippen molar-refractivity contribution in [1.29, 1.82) is 0 Å². The van der Waals surface area contributed by atoms with Crippen LogP contribution in [-0.2, 0) is 0 Å². The van der Waals surface area contributed by atoms with Crippen molar-refractivity contribution in [3.8, 4) is 11.5 Å². The molecular weight excluding hydrogens is 342 g/mol. The van der Waals surface area contributed by atoms with E-state index < -0.39 is 0 Å². The summed E-state index contributed by atoms with van der Waals surface area (Å²) in [7, 11) is 1.64. The van der Waals surface area contributed by atoms with Gasteiger partial charge in [0.25, 0.3) is 0 Å². The number of ether oxygens (including phenoxy) is 2. The summed E-state index contributed by atoms with van der Waals surface area (Å²) in [5, 5.41) is 9.45. The van der Waals surface area contributed by atoms with Crippen LogP contribution in [0.15, 0.2) is 53.7 Å². The molecule has 5 nitrogen and oxygen atoms in total. The number of rotatable bonds is 6. The van der Waals surface area contributed by atoms with E-state index in [1.807, 2.05) is 36.4 Å². The minimum Gasteiger partial charge on any atom is -0.493 e. The predicted molar refractivity (Wildman–Crippen MR) is 97.6 cm³/mol. The number of thioether (sulfide) groups is 1. The molecule has 0 bridgehead atoms. The van der Waals surface area contributed by atoms with Crippen LogP contribution in [0.3, 0.4) is 0 Å². The van der Waals surface area contributed by atoms with E-state index in [0.29, 0.717) is 6.61 Å². The van der Waals surface area contributed by atoms with Gasteiger partial charge in [-0.25, -0.2) is 0 Å². The molecule has 2 aromatic carbocycles. The van der Waals surface area contributed by atoms with Crippen molar-refractivity contribution in [1.82, 2.24) is 14.6 Å². The third-order valence-corrected chi connectivity index (χ3v) is 5.46. The highest BCUT2D eigenvalue weighted by Gasteiger charge is 2.12. The summed E-state index contributed by atoms with van der Waals surface area (Å²) in [4.78, 5) is 0.921. The molecule has 2 heterocycles. The standard InChI is InChI=1S/C17H15N3O2S2/c1-21-13-7-3-4-8-14(13)22-10-11-23-16-18-19-17-20(16)12-6-2-5-9-15(12)24-17/h2-9H,10-11H2,1H3. The fraction of sp³-hybridized carbons (Fsp3) is 0.176. The van der Waals surface area contributed by atoms with Crippen molar-refractivity contribution in [2.45, 2.75) is 5.16 Å². The number of para-hydroxylation sites is 3. The lowest BCUT2D eigenvalue weighted by Gasteiger charge is -2.09. The number of nitrogens with zero attached hydrogens (tertiary/aromatic N) is 3. The van der Waals surface area contributed by atoms with E-state index in [1.165, 1.54) is 4.70 Å². The van der Waals surface area contributed by atoms with E-state index in [2.05, 4.69) is 26.7 Å². The second-order valence-corrected chi connectivity index (χ2v) is 7.09. The van der Waals surface area contributed by atoms with Crippen LogP contribution in [-0.4, -0.2) is 34.1 Å². The Balaban J connectivity index is 1.45. The second-order valence-electron chi connectivity index (χ2n) is 5.02. The van der Waals surface area contributed by atoms with E-state index in [1.54, 1.807) is 30.2 Å². The summed E-state index contributed by atoms with van der Waals surface area (Å²) in [5.41, 5.74) is 1.15. The quantitative estimate of drug-likeness (QED) is 0.384. The highest BCUT2D eigenvalue weighted by atomic mass is 32.2. The van der Waals surface area contributed by atoms with Crippen LogP contribution in [0.5, 0.6) is 11.5 Å². The van der Waals surface area contributed by atoms with E-state index in [9.17, 15) is 0 Å². The summed E-state index contributed by atoms with van der Waals surface area (Å²) in [5.74, 6) is 2.28. The van der Waals surface area contributed by atoms with E-state index >= 15 is 0 Å². The molecule has 0 unspecified atom stereocenters. The molecule has 0 aliphatic heterocycles. The summed E-state index contributed by atoms with van der Waals surface area (Å²) in [6.07, 6.45) is 0. The molecule has 0 saturated heterocycles. The van der Waals surface area contributed by atoms with Crippen molar-refractivity contribution in [2.75, 3.05) is 19.5 Å². The third kappa shape index (κ3) is 2.81. The molecule has 24 heavy (non-hydrogen) atoms. The average molecular weight is 357 g/mol. The lowest BCUT2D eigenvalue weighted by atomic mass is 10.3. The van der Waals surface area contributed by atoms with Gasteiger partial charge in [-0.15, -0.1) is 10.2 Å². The van der Waals surface area contributed by atoms with Crippen molar-refractivity contribution < 1.29 is 9.47 Å². The summed E-state index contributed by atoms with van der Waals surface area (Å²) >= 11 is 3.29. The monoisotopic (exact) mass is 357 g/mol. The van der Waals surface area contributed by atoms with Crippen LogP contribution in [0.25, 0.3) is 15.2 Å². The van der Waals surface area contributed by atoms with Gasteiger partial charge in [-0.05, 0) is 24.3 Å². The first-order valence-electron chi connectivity index (χ1n) is 7.48. The average Bonchev–Trinajstić information content (AvgIpc) is 3.18. The van der Waals surface area contributed by atoms with Crippen LogP contribution in [0, 0.1) is 0 Å². The number of fused-ring (bicyclic) bond motifs is 3. The SMILES string of the molecule is COc1ccccc1OCCSc1nnc2sc3ccccc3n12. The van der Waals surface area contributed by atoms with Crippen LogP contribution >= 0.6 is 23.1 Å². The van der Waals surface area contributed by atoms with Gasteiger partial charge in [-0.1, -0.05) is 47.4 Å². The Hall–Kier alpha value is -2.25. The maximum Gasteiger partial charge on any atom is 0.217 e. The Bertz CT molecular complexity index is 980. The van der Waals surface area contributed by atoms with Crippen LogP contribution in [0.4, 0.5) is 0 Å². The van der Waals surface area contributed by atoms with Gasteiger partial charge in [0.2, 0.25) is 4.96 Å². The molecule has 7 heteroatoms. The minimum atomic E-state index is 0.571. The van der Waals surface area contributed by atoms with Crippen LogP contribution in [0.2, 0.25) is 0 Å². The first-order valence-corrected chi connectivity index (χ1v) is 9.28. The Kier molecular flexibility index (Phi) is 4.27. The normalized spacial score (nSPS) is 11.2. The topological polar surface area (TPSA) is 48.7 Å². The Morgan fingerprint density at radius 1 is 1.04 bits per heavy atom. The Labute approximate surface area is 147 Å². The molecule has 0 amide bonds. The van der Waals surface area contributed by atoms with Gasteiger partial charge in [0.1, 0.15) is 0 Å². The van der Waals surface area contributed by atoms with Crippen molar-refractivity contribution >= 4 is 38.3 Å². The van der Waals surface area contributed by atoms with Crippen LogP contribution in [0.1, 0.15) is 0 Å². The smallest absolute Gasteiger partial charge is 0.217 e. The molecule has 4 aromatic rings. The van der Waals surface area contributed by atoms with Crippen molar-refractivity contribution in [2.24, 2.45) is 0 Å². The van der Waals surface area contributed by atoms with E-state index in [0.717, 1.165) is 32.9 Å². The zero-order valence-electron chi connectivity index (χ0n) is 13.0. The molecule has 0 fully saturated rings. The molecule has 0 radical (unpaired) electrons. The van der Waals surface area contributed by atoms with Gasteiger partial charge in [0.15, 0.2) is 16.7 Å². The zero-order valence-corrected chi connectivity index (χ0v) is 14.6.